The van der Waals surface area contributed by atoms with Crippen LogP contribution in [-0.2, 0) is 10.8 Å². The fourth-order valence-corrected chi connectivity index (χ4v) is 8.81. The molecule has 1 aliphatic rings. The molecule has 0 aliphatic heterocycles. The van der Waals surface area contributed by atoms with E-state index in [4.69, 9.17) is 0 Å². The van der Waals surface area contributed by atoms with Crippen molar-refractivity contribution in [2.75, 3.05) is 0 Å². The molecule has 238 valence electrons. The van der Waals surface area contributed by atoms with Crippen LogP contribution in [0.25, 0.3) is 87.2 Å². The van der Waals surface area contributed by atoms with Crippen molar-refractivity contribution in [1.29, 1.82) is 0 Å². The first kappa shape index (κ1) is 28.5. The second-order valence-corrected chi connectivity index (χ2v) is 15.8. The van der Waals surface area contributed by atoms with Gasteiger partial charge in [-0.25, -0.2) is 0 Å². The van der Waals surface area contributed by atoms with E-state index in [1.165, 1.54) is 104 Å². The zero-order chi connectivity index (χ0) is 33.2. The average Bonchev–Trinajstić information content (AvgIpc) is 3.35. The lowest BCUT2D eigenvalue weighted by molar-refractivity contribution is 0.591. The van der Waals surface area contributed by atoms with Crippen LogP contribution in [0.1, 0.15) is 54.2 Å². The van der Waals surface area contributed by atoms with Crippen molar-refractivity contribution in [1.82, 2.24) is 0 Å². The van der Waals surface area contributed by atoms with E-state index in [9.17, 15) is 0 Å². The number of hydrogen-bond donors (Lipinski definition) is 0. The normalized spacial score (nSPS) is 14.0. The Bertz CT molecular complexity index is 2810. The molecule has 0 fully saturated rings. The SMILES string of the molecule is CC(C)(C)c1cc2ccc3ccc(-c4ccc5c(ccc6cc(-c7ccc8c(c7)C(C)(C)c7ccccc7-8)ccc65)c4)c4ccc(c1)c2c34.[HH].[HH]. The van der Waals surface area contributed by atoms with Gasteiger partial charge in [-0.2, -0.15) is 0 Å². The second kappa shape index (κ2) is 9.80. The number of fused-ring (bicyclic) bond motifs is 6. The van der Waals surface area contributed by atoms with Crippen LogP contribution < -0.4 is 0 Å². The van der Waals surface area contributed by atoms with Gasteiger partial charge in [0.15, 0.2) is 0 Å². The Morgan fingerprint density at radius 2 is 0.939 bits per heavy atom. The molecule has 9 aromatic carbocycles. The molecule has 10 rings (SSSR count). The quantitative estimate of drug-likeness (QED) is 0.167. The van der Waals surface area contributed by atoms with Gasteiger partial charge < -0.3 is 0 Å². The second-order valence-electron chi connectivity index (χ2n) is 15.8. The van der Waals surface area contributed by atoms with Crippen LogP contribution in [0.15, 0.2) is 140 Å². The summed E-state index contributed by atoms with van der Waals surface area (Å²) in [6.45, 7) is 11.6. The Labute approximate surface area is 291 Å². The zero-order valence-corrected chi connectivity index (χ0v) is 28.8. The van der Waals surface area contributed by atoms with Gasteiger partial charge in [-0.05, 0) is 128 Å². The van der Waals surface area contributed by atoms with Gasteiger partial charge in [0.25, 0.3) is 0 Å². The molecular formula is C49H42. The molecule has 0 atom stereocenters. The molecular weight excluding hydrogens is 589 g/mol. The van der Waals surface area contributed by atoms with E-state index in [1.807, 2.05) is 0 Å². The molecule has 0 spiro atoms. The molecule has 0 N–H and O–H groups in total. The standard InChI is InChI=1S/C49H38.2H2/c1-48(2,3)37-26-35-13-10-29-14-19-40(43-23-18-36(27-37)46(35)47(29)43)34-17-21-39-33(25-34)12-11-32-24-30(15-20-38(32)39)31-16-22-42-41-8-6-7-9-44(41)49(4,5)45(42)28-31;;/h6-28H,1-5H3;2*1H. The zero-order valence-electron chi connectivity index (χ0n) is 28.8. The minimum absolute atomic E-state index is 0. The van der Waals surface area contributed by atoms with Crippen molar-refractivity contribution < 1.29 is 2.85 Å². The van der Waals surface area contributed by atoms with Crippen molar-refractivity contribution in [3.8, 4) is 33.4 Å². The Kier molecular flexibility index (Phi) is 5.71. The summed E-state index contributed by atoms with van der Waals surface area (Å²) >= 11 is 0. The number of benzene rings is 9. The lowest BCUT2D eigenvalue weighted by Crippen LogP contribution is -2.14. The molecule has 0 heterocycles. The largest absolute Gasteiger partial charge is 0.0619 e. The maximum Gasteiger partial charge on any atom is 0.0159 e. The van der Waals surface area contributed by atoms with Gasteiger partial charge in [-0.3, -0.25) is 0 Å². The molecule has 0 radical (unpaired) electrons. The summed E-state index contributed by atoms with van der Waals surface area (Å²) in [7, 11) is 0. The highest BCUT2D eigenvalue weighted by Gasteiger charge is 2.35. The van der Waals surface area contributed by atoms with Crippen LogP contribution in [-0.4, -0.2) is 0 Å². The first-order chi connectivity index (χ1) is 23.6. The maximum atomic E-state index is 2.42. The van der Waals surface area contributed by atoms with Crippen molar-refractivity contribution in [2.45, 2.75) is 45.4 Å². The van der Waals surface area contributed by atoms with E-state index in [2.05, 4.69) is 174 Å². The highest BCUT2D eigenvalue weighted by atomic mass is 14.4. The van der Waals surface area contributed by atoms with E-state index >= 15 is 0 Å². The lowest BCUT2D eigenvalue weighted by atomic mass is 9.81. The minimum Gasteiger partial charge on any atom is -0.0619 e. The van der Waals surface area contributed by atoms with E-state index < -0.39 is 0 Å². The number of hydrogen-bond acceptors (Lipinski definition) is 0. The molecule has 9 aromatic rings. The monoisotopic (exact) mass is 630 g/mol. The first-order valence-corrected chi connectivity index (χ1v) is 17.6. The third kappa shape index (κ3) is 4.10. The lowest BCUT2D eigenvalue weighted by Gasteiger charge is -2.22. The summed E-state index contributed by atoms with van der Waals surface area (Å²) in [6, 6.07) is 53.2. The third-order valence-electron chi connectivity index (χ3n) is 11.5. The topological polar surface area (TPSA) is 0 Å². The fraction of sp³-hybridized carbons (Fsp3) is 0.143. The van der Waals surface area contributed by atoms with Crippen LogP contribution in [0.4, 0.5) is 0 Å². The van der Waals surface area contributed by atoms with Crippen LogP contribution in [0.2, 0.25) is 0 Å². The van der Waals surface area contributed by atoms with Gasteiger partial charge in [0, 0.05) is 8.27 Å². The predicted octanol–water partition coefficient (Wildman–Crippen LogP) is 14.3. The Hall–Kier alpha value is -5.46. The Morgan fingerprint density at radius 3 is 1.69 bits per heavy atom. The molecule has 0 nitrogen and oxygen atoms in total. The van der Waals surface area contributed by atoms with Gasteiger partial charge >= 0.3 is 0 Å². The van der Waals surface area contributed by atoms with Gasteiger partial charge in [0.2, 0.25) is 0 Å². The molecule has 1 aliphatic carbocycles. The average molecular weight is 631 g/mol. The van der Waals surface area contributed by atoms with Crippen LogP contribution >= 0.6 is 0 Å². The van der Waals surface area contributed by atoms with Gasteiger partial charge in [-0.15, -0.1) is 0 Å². The van der Waals surface area contributed by atoms with E-state index in [0.717, 1.165) is 0 Å². The van der Waals surface area contributed by atoms with Crippen molar-refractivity contribution in [3.05, 3.63) is 156 Å². The van der Waals surface area contributed by atoms with E-state index in [1.54, 1.807) is 0 Å². The molecule has 0 amide bonds. The van der Waals surface area contributed by atoms with E-state index in [-0.39, 0.29) is 13.7 Å². The minimum atomic E-state index is -0.00279. The fourth-order valence-electron chi connectivity index (χ4n) is 8.81. The third-order valence-corrected chi connectivity index (χ3v) is 11.5. The summed E-state index contributed by atoms with van der Waals surface area (Å²) in [5.41, 5.74) is 12.2. The van der Waals surface area contributed by atoms with Gasteiger partial charge in [0.05, 0.1) is 0 Å². The Morgan fingerprint density at radius 1 is 0.408 bits per heavy atom. The summed E-state index contributed by atoms with van der Waals surface area (Å²) < 4.78 is 0. The molecule has 0 saturated carbocycles. The number of rotatable bonds is 2. The Balaban J connectivity index is 0.00000187. The van der Waals surface area contributed by atoms with Crippen molar-refractivity contribution in [2.24, 2.45) is 0 Å². The highest BCUT2D eigenvalue weighted by molar-refractivity contribution is 6.26. The summed E-state index contributed by atoms with van der Waals surface area (Å²) in [4.78, 5) is 0. The summed E-state index contributed by atoms with van der Waals surface area (Å²) in [5, 5.41) is 13.2. The molecule has 0 unspecified atom stereocenters. The molecule has 49 heavy (non-hydrogen) atoms. The summed E-state index contributed by atoms with van der Waals surface area (Å²) in [5.74, 6) is 0. The molecule has 0 saturated heterocycles. The van der Waals surface area contributed by atoms with Gasteiger partial charge in [0.1, 0.15) is 0 Å². The smallest absolute Gasteiger partial charge is 0.0159 e. The predicted molar refractivity (Wildman–Crippen MR) is 217 cm³/mol. The highest BCUT2D eigenvalue weighted by Crippen LogP contribution is 2.50. The summed E-state index contributed by atoms with van der Waals surface area (Å²) in [6.07, 6.45) is 0. The van der Waals surface area contributed by atoms with Crippen LogP contribution in [0.3, 0.4) is 0 Å². The van der Waals surface area contributed by atoms with E-state index in [0.29, 0.717) is 0 Å². The van der Waals surface area contributed by atoms with Crippen molar-refractivity contribution in [3.63, 3.8) is 0 Å². The van der Waals surface area contributed by atoms with Crippen LogP contribution in [0.5, 0.6) is 0 Å². The van der Waals surface area contributed by atoms with Crippen molar-refractivity contribution >= 4 is 53.9 Å². The van der Waals surface area contributed by atoms with Crippen LogP contribution in [0, 0.1) is 0 Å². The first-order valence-electron chi connectivity index (χ1n) is 17.6. The molecule has 0 heteroatoms. The maximum absolute atomic E-state index is 2.42. The molecule has 0 bridgehead atoms. The molecule has 0 aromatic heterocycles. The van der Waals surface area contributed by atoms with Gasteiger partial charge in [-0.1, -0.05) is 156 Å².